The lowest BCUT2D eigenvalue weighted by Crippen LogP contribution is -1.88. The number of benzene rings is 2. The minimum absolute atomic E-state index is 0.149. The molecule has 0 saturated carbocycles. The highest BCUT2D eigenvalue weighted by atomic mass is 79.9. The minimum Gasteiger partial charge on any atom is -0.444 e. The minimum atomic E-state index is 0.149. The summed E-state index contributed by atoms with van der Waals surface area (Å²) < 4.78 is 15.1. The number of rotatable bonds is 1. The van der Waals surface area contributed by atoms with E-state index in [1.807, 2.05) is 48.5 Å². The van der Waals surface area contributed by atoms with Crippen molar-refractivity contribution in [1.82, 2.24) is 0 Å². The molecular weight excluding hydrogens is 320 g/mol. The van der Waals surface area contributed by atoms with Crippen molar-refractivity contribution < 1.29 is 5.79 Å². The van der Waals surface area contributed by atoms with Gasteiger partial charge in [-0.3, -0.25) is 0 Å². The maximum Gasteiger partial charge on any atom is 0.198 e. The monoisotopic (exact) mass is 331 g/mol. The Kier molecular flexibility index (Phi) is 2.94. The smallest absolute Gasteiger partial charge is 0.198 e. The maximum absolute atomic E-state index is 7.85. The van der Waals surface area contributed by atoms with E-state index in [0.29, 0.717) is 10.5 Å². The van der Waals surface area contributed by atoms with Crippen molar-refractivity contribution in [2.75, 3.05) is 0 Å². The van der Waals surface area contributed by atoms with Crippen LogP contribution in [0.5, 0.6) is 0 Å². The van der Waals surface area contributed by atoms with Gasteiger partial charge in [-0.25, -0.2) is 0 Å². The second-order valence-corrected chi connectivity index (χ2v) is 5.45. The molecule has 0 aliphatic carbocycles. The summed E-state index contributed by atoms with van der Waals surface area (Å²) in [7, 11) is 0. The molecule has 0 bridgehead atoms. The average Bonchev–Trinajstić information content (AvgIpc) is 2.48. The molecule has 0 saturated heterocycles. The Morgan fingerprint density at radius 2 is 1.74 bits per heavy atom. The zero-order valence-corrected chi connectivity index (χ0v) is 12.4. The molecule has 0 aliphatic rings. The van der Waals surface area contributed by atoms with Crippen molar-refractivity contribution in [2.24, 2.45) is 0 Å². The first-order valence-electron chi connectivity index (χ1n) is 6.52. The first-order valence-corrected chi connectivity index (χ1v) is 7.01. The lowest BCUT2D eigenvalue weighted by atomic mass is 10.0. The standard InChI is InChI=1S/C16H11BrOS/c1-10-11-6-2-3-7-12(11)16(19)18-15(10)13-8-4-5-9-14(13)17/h2-9H,1H3/i1D. The Hall–Kier alpha value is -1.45. The molecule has 1 nitrogen and oxygen atoms in total. The highest BCUT2D eigenvalue weighted by molar-refractivity contribution is 9.10. The maximum atomic E-state index is 7.85. The molecule has 94 valence electrons. The van der Waals surface area contributed by atoms with Gasteiger partial charge in [-0.15, -0.1) is 0 Å². The summed E-state index contributed by atoms with van der Waals surface area (Å²) in [4.78, 5) is 0. The quantitative estimate of drug-likeness (QED) is 0.515. The van der Waals surface area contributed by atoms with Gasteiger partial charge in [0.05, 0.1) is 0 Å². The second kappa shape index (κ2) is 4.91. The molecule has 19 heavy (non-hydrogen) atoms. The summed E-state index contributed by atoms with van der Waals surface area (Å²) in [5.74, 6) is 0.677. The molecule has 1 aromatic heterocycles. The fraction of sp³-hybridized carbons (Fsp3) is 0.0625. The predicted molar refractivity (Wildman–Crippen MR) is 84.9 cm³/mol. The molecule has 0 atom stereocenters. The summed E-state index contributed by atoms with van der Waals surface area (Å²) in [5, 5.41) is 1.88. The second-order valence-electron chi connectivity index (χ2n) is 4.22. The van der Waals surface area contributed by atoms with Gasteiger partial charge in [-0.1, -0.05) is 52.3 Å². The zero-order valence-electron chi connectivity index (χ0n) is 11.0. The van der Waals surface area contributed by atoms with Gasteiger partial charge in [0.1, 0.15) is 5.76 Å². The van der Waals surface area contributed by atoms with Gasteiger partial charge in [-0.2, -0.15) is 0 Å². The Morgan fingerprint density at radius 1 is 1.05 bits per heavy atom. The van der Waals surface area contributed by atoms with E-state index >= 15 is 0 Å². The van der Waals surface area contributed by atoms with Gasteiger partial charge >= 0.3 is 0 Å². The highest BCUT2D eigenvalue weighted by Crippen LogP contribution is 2.34. The third-order valence-corrected chi connectivity index (χ3v) is 4.05. The van der Waals surface area contributed by atoms with Crippen molar-refractivity contribution in [1.29, 1.82) is 0 Å². The zero-order chi connectivity index (χ0) is 14.1. The first kappa shape index (κ1) is 11.4. The fourth-order valence-electron chi connectivity index (χ4n) is 2.12. The van der Waals surface area contributed by atoms with Crippen LogP contribution in [0.15, 0.2) is 57.4 Å². The molecule has 3 rings (SSSR count). The summed E-state index contributed by atoms with van der Waals surface area (Å²) in [6, 6.07) is 15.6. The largest absolute Gasteiger partial charge is 0.444 e. The van der Waals surface area contributed by atoms with Crippen molar-refractivity contribution in [3.63, 3.8) is 0 Å². The van der Waals surface area contributed by atoms with E-state index in [4.69, 9.17) is 18.0 Å². The molecule has 3 heteroatoms. The van der Waals surface area contributed by atoms with Gasteiger partial charge in [-0.05, 0) is 36.6 Å². The Balaban J connectivity index is 2.43. The summed E-state index contributed by atoms with van der Waals surface area (Å²) in [6.07, 6.45) is 0. The third kappa shape index (κ3) is 2.13. The first-order chi connectivity index (χ1) is 9.72. The number of halogens is 1. The van der Waals surface area contributed by atoms with Crippen LogP contribution in [-0.4, -0.2) is 0 Å². The van der Waals surface area contributed by atoms with Crippen LogP contribution in [0.4, 0.5) is 0 Å². The molecule has 2 aromatic carbocycles. The highest BCUT2D eigenvalue weighted by Gasteiger charge is 2.12. The summed E-state index contributed by atoms with van der Waals surface area (Å²) >= 11 is 8.88. The molecule has 3 aromatic rings. The van der Waals surface area contributed by atoms with Crippen LogP contribution in [0.1, 0.15) is 6.93 Å². The van der Waals surface area contributed by atoms with Crippen LogP contribution in [0.3, 0.4) is 0 Å². The van der Waals surface area contributed by atoms with Crippen LogP contribution in [0, 0.1) is 11.6 Å². The Labute approximate surface area is 126 Å². The topological polar surface area (TPSA) is 13.1 Å². The lowest BCUT2D eigenvalue weighted by molar-refractivity contribution is 0.554. The van der Waals surface area contributed by atoms with Gasteiger partial charge in [0.25, 0.3) is 0 Å². The molecule has 0 spiro atoms. The predicted octanol–water partition coefficient (Wildman–Crippen LogP) is 5.90. The van der Waals surface area contributed by atoms with Crippen molar-refractivity contribution in [2.45, 2.75) is 6.90 Å². The molecule has 0 radical (unpaired) electrons. The number of fused-ring (bicyclic) bond motifs is 1. The van der Waals surface area contributed by atoms with Crippen molar-refractivity contribution in [3.05, 3.63) is 63.3 Å². The van der Waals surface area contributed by atoms with Crippen LogP contribution >= 0.6 is 28.1 Å². The summed E-state index contributed by atoms with van der Waals surface area (Å²) in [5.41, 5.74) is 1.78. The van der Waals surface area contributed by atoms with Crippen molar-refractivity contribution in [3.8, 4) is 11.3 Å². The van der Waals surface area contributed by atoms with Gasteiger partial charge in [0.2, 0.25) is 0 Å². The van der Waals surface area contributed by atoms with E-state index in [1.54, 1.807) is 0 Å². The van der Waals surface area contributed by atoms with Crippen molar-refractivity contribution >= 4 is 38.9 Å². The third-order valence-electron chi connectivity index (χ3n) is 3.06. The fourth-order valence-corrected chi connectivity index (χ4v) is 2.84. The number of hydrogen-bond acceptors (Lipinski definition) is 2. The van der Waals surface area contributed by atoms with Crippen LogP contribution in [-0.2, 0) is 0 Å². The van der Waals surface area contributed by atoms with E-state index in [-0.39, 0.29) is 6.90 Å². The van der Waals surface area contributed by atoms with E-state index < -0.39 is 0 Å². The van der Waals surface area contributed by atoms with Crippen LogP contribution in [0.25, 0.3) is 22.1 Å². The normalized spacial score (nSPS) is 11.5. The van der Waals surface area contributed by atoms with E-state index in [0.717, 1.165) is 26.4 Å². The van der Waals surface area contributed by atoms with E-state index in [9.17, 15) is 0 Å². The van der Waals surface area contributed by atoms with Gasteiger partial charge in [0, 0.05) is 22.4 Å². The molecule has 0 aliphatic heterocycles. The van der Waals surface area contributed by atoms with Gasteiger partial charge in [0.15, 0.2) is 4.71 Å². The summed E-state index contributed by atoms with van der Waals surface area (Å²) in [6.45, 7) is 0.149. The van der Waals surface area contributed by atoms with E-state index in [2.05, 4.69) is 15.9 Å². The molecule has 1 heterocycles. The number of hydrogen-bond donors (Lipinski definition) is 0. The Bertz CT molecular complexity index is 841. The Morgan fingerprint density at radius 3 is 2.47 bits per heavy atom. The van der Waals surface area contributed by atoms with E-state index in [1.165, 1.54) is 0 Å². The molecule has 0 fully saturated rings. The SMILES string of the molecule is [2H]Cc1c(-c2ccccc2Br)oc(=S)c2ccccc12. The molecule has 0 amide bonds. The van der Waals surface area contributed by atoms with Gasteiger partial charge < -0.3 is 4.42 Å². The van der Waals surface area contributed by atoms with Crippen LogP contribution in [0.2, 0.25) is 0 Å². The molecule has 0 N–H and O–H groups in total. The average molecular weight is 332 g/mol. The molecule has 0 unspecified atom stereocenters. The number of aryl methyl sites for hydroxylation is 1. The van der Waals surface area contributed by atoms with Crippen LogP contribution < -0.4 is 0 Å². The lowest BCUT2D eigenvalue weighted by Gasteiger charge is -2.10. The molecular formula is C16H11BrOS.